The van der Waals surface area contributed by atoms with Crippen molar-refractivity contribution in [3.8, 4) is 0 Å². The second kappa shape index (κ2) is 6.18. The Morgan fingerprint density at radius 2 is 1.93 bits per heavy atom. The van der Waals surface area contributed by atoms with E-state index in [-0.39, 0.29) is 0 Å². The number of nitrogens with zero attached hydrogens (tertiary/aromatic N) is 1. The zero-order chi connectivity index (χ0) is 10.4. The minimum atomic E-state index is 0.364. The van der Waals surface area contributed by atoms with Gasteiger partial charge in [-0.05, 0) is 25.8 Å². The maximum Gasteiger partial charge on any atom is 0.146 e. The van der Waals surface area contributed by atoms with E-state index < -0.39 is 0 Å². The molecule has 0 spiro atoms. The summed E-state index contributed by atoms with van der Waals surface area (Å²) in [5.74, 6) is 1.21. The topological polar surface area (TPSA) is 20.3 Å². The summed E-state index contributed by atoms with van der Waals surface area (Å²) in [6.45, 7) is 3.70. The zero-order valence-electron chi connectivity index (χ0n) is 9.59. The first kappa shape index (κ1) is 11.7. The van der Waals surface area contributed by atoms with Crippen LogP contribution in [0.4, 0.5) is 0 Å². The Bertz CT molecular complexity index is 173. The molecule has 2 nitrogen and oxygen atoms in total. The van der Waals surface area contributed by atoms with Crippen LogP contribution in [0.5, 0.6) is 0 Å². The fourth-order valence-corrected chi connectivity index (χ4v) is 2.29. The highest BCUT2D eigenvalue weighted by atomic mass is 16.1. The number of Topliss-reactive ketones (excluding diaryl/α,β-unsaturated/α-hetero) is 1. The van der Waals surface area contributed by atoms with Crippen LogP contribution < -0.4 is 0 Å². The lowest BCUT2D eigenvalue weighted by Crippen LogP contribution is -2.31. The molecule has 0 bridgehead atoms. The molecule has 14 heavy (non-hydrogen) atoms. The van der Waals surface area contributed by atoms with E-state index in [9.17, 15) is 4.79 Å². The SMILES string of the molecule is CCC(=O)CN(C)CC1CCCCC1. The van der Waals surface area contributed by atoms with E-state index in [1.165, 1.54) is 32.1 Å². The van der Waals surface area contributed by atoms with Gasteiger partial charge in [-0.1, -0.05) is 26.2 Å². The molecule has 1 fully saturated rings. The van der Waals surface area contributed by atoms with Crippen LogP contribution >= 0.6 is 0 Å². The van der Waals surface area contributed by atoms with Gasteiger partial charge in [-0.2, -0.15) is 0 Å². The third-order valence-electron chi connectivity index (χ3n) is 3.14. The second-order valence-corrected chi connectivity index (χ2v) is 4.59. The molecule has 1 aliphatic carbocycles. The third kappa shape index (κ3) is 4.23. The van der Waals surface area contributed by atoms with Gasteiger partial charge < -0.3 is 0 Å². The number of likely N-dealkylation sites (N-methyl/N-ethyl adjacent to an activating group) is 1. The highest BCUT2D eigenvalue weighted by Crippen LogP contribution is 2.23. The van der Waals surface area contributed by atoms with Gasteiger partial charge in [-0.15, -0.1) is 0 Å². The minimum absolute atomic E-state index is 0.364. The van der Waals surface area contributed by atoms with Crippen molar-refractivity contribution in [2.24, 2.45) is 5.92 Å². The van der Waals surface area contributed by atoms with E-state index in [2.05, 4.69) is 11.9 Å². The lowest BCUT2D eigenvalue weighted by atomic mass is 9.89. The van der Waals surface area contributed by atoms with Crippen molar-refractivity contribution in [3.63, 3.8) is 0 Å². The van der Waals surface area contributed by atoms with Crippen molar-refractivity contribution in [2.75, 3.05) is 20.1 Å². The number of rotatable bonds is 5. The molecule has 0 atom stereocenters. The molecular weight excluding hydrogens is 174 g/mol. The Kier molecular flexibility index (Phi) is 5.16. The first-order valence-electron chi connectivity index (χ1n) is 5.92. The van der Waals surface area contributed by atoms with Gasteiger partial charge in [0.1, 0.15) is 5.78 Å². The van der Waals surface area contributed by atoms with Gasteiger partial charge >= 0.3 is 0 Å². The van der Waals surface area contributed by atoms with Gasteiger partial charge in [0.25, 0.3) is 0 Å². The van der Waals surface area contributed by atoms with E-state index in [0.29, 0.717) is 18.7 Å². The number of hydrogen-bond donors (Lipinski definition) is 0. The molecule has 0 aromatic rings. The van der Waals surface area contributed by atoms with Crippen molar-refractivity contribution < 1.29 is 4.79 Å². The third-order valence-corrected chi connectivity index (χ3v) is 3.14. The molecule has 82 valence electrons. The van der Waals surface area contributed by atoms with Crippen LogP contribution in [0.25, 0.3) is 0 Å². The van der Waals surface area contributed by atoms with Crippen molar-refractivity contribution in [3.05, 3.63) is 0 Å². The summed E-state index contributed by atoms with van der Waals surface area (Å²) in [6, 6.07) is 0. The largest absolute Gasteiger partial charge is 0.299 e. The van der Waals surface area contributed by atoms with Crippen LogP contribution in [-0.2, 0) is 4.79 Å². The first-order valence-corrected chi connectivity index (χ1v) is 5.92. The zero-order valence-corrected chi connectivity index (χ0v) is 9.59. The Hall–Kier alpha value is -0.370. The van der Waals surface area contributed by atoms with Crippen LogP contribution in [0.3, 0.4) is 0 Å². The van der Waals surface area contributed by atoms with Crippen LogP contribution in [0, 0.1) is 5.92 Å². The molecule has 2 heteroatoms. The molecule has 0 radical (unpaired) electrons. The summed E-state index contributed by atoms with van der Waals surface area (Å²) in [5.41, 5.74) is 0. The van der Waals surface area contributed by atoms with Gasteiger partial charge in [0.15, 0.2) is 0 Å². The molecule has 1 rings (SSSR count). The molecule has 0 aromatic carbocycles. The average molecular weight is 197 g/mol. The van der Waals surface area contributed by atoms with Crippen molar-refractivity contribution in [1.82, 2.24) is 4.90 Å². The fourth-order valence-electron chi connectivity index (χ4n) is 2.29. The predicted molar refractivity (Wildman–Crippen MR) is 59.4 cm³/mol. The summed E-state index contributed by atoms with van der Waals surface area (Å²) in [7, 11) is 2.07. The average Bonchev–Trinajstić information content (AvgIpc) is 2.19. The molecule has 0 heterocycles. The van der Waals surface area contributed by atoms with Gasteiger partial charge in [0.2, 0.25) is 0 Å². The summed E-state index contributed by atoms with van der Waals surface area (Å²) in [4.78, 5) is 13.4. The lowest BCUT2D eigenvalue weighted by Gasteiger charge is -2.26. The molecule has 1 saturated carbocycles. The molecule has 0 N–H and O–H groups in total. The van der Waals surface area contributed by atoms with Gasteiger partial charge in [0, 0.05) is 13.0 Å². The smallest absolute Gasteiger partial charge is 0.146 e. The van der Waals surface area contributed by atoms with Gasteiger partial charge in [0.05, 0.1) is 6.54 Å². The number of carbonyl (C=O) groups excluding carboxylic acids is 1. The lowest BCUT2D eigenvalue weighted by molar-refractivity contribution is -0.119. The molecule has 0 aliphatic heterocycles. The van der Waals surface area contributed by atoms with Crippen molar-refractivity contribution in [1.29, 1.82) is 0 Å². The van der Waals surface area contributed by atoms with Crippen LogP contribution in [0.2, 0.25) is 0 Å². The first-order chi connectivity index (χ1) is 6.72. The van der Waals surface area contributed by atoms with E-state index in [1.807, 2.05) is 6.92 Å². The summed E-state index contributed by atoms with van der Waals surface area (Å²) < 4.78 is 0. The minimum Gasteiger partial charge on any atom is -0.299 e. The Labute approximate surface area is 87.7 Å². The molecule has 1 aliphatic rings. The quantitative estimate of drug-likeness (QED) is 0.675. The molecule has 0 unspecified atom stereocenters. The van der Waals surface area contributed by atoms with E-state index in [4.69, 9.17) is 0 Å². The number of hydrogen-bond acceptors (Lipinski definition) is 2. The highest BCUT2D eigenvalue weighted by molar-refractivity contribution is 5.80. The second-order valence-electron chi connectivity index (χ2n) is 4.59. The standard InChI is InChI=1S/C12H23NO/c1-3-12(14)10-13(2)9-11-7-5-4-6-8-11/h11H,3-10H2,1-2H3. The van der Waals surface area contributed by atoms with Crippen molar-refractivity contribution in [2.45, 2.75) is 45.4 Å². The number of carbonyl (C=O) groups is 1. The van der Waals surface area contributed by atoms with Crippen LogP contribution in [-0.4, -0.2) is 30.8 Å². The fraction of sp³-hybridized carbons (Fsp3) is 0.917. The Morgan fingerprint density at radius 1 is 1.29 bits per heavy atom. The predicted octanol–water partition coefficient (Wildman–Crippen LogP) is 2.48. The Balaban J connectivity index is 2.18. The van der Waals surface area contributed by atoms with E-state index >= 15 is 0 Å². The summed E-state index contributed by atoms with van der Waals surface area (Å²) in [6.07, 6.45) is 7.60. The van der Waals surface area contributed by atoms with E-state index in [0.717, 1.165) is 12.5 Å². The number of ketones is 1. The normalized spacial score (nSPS) is 18.8. The highest BCUT2D eigenvalue weighted by Gasteiger charge is 2.15. The summed E-state index contributed by atoms with van der Waals surface area (Å²) in [5, 5.41) is 0. The van der Waals surface area contributed by atoms with Crippen LogP contribution in [0.1, 0.15) is 45.4 Å². The molecule has 0 saturated heterocycles. The maximum atomic E-state index is 11.2. The maximum absolute atomic E-state index is 11.2. The summed E-state index contributed by atoms with van der Waals surface area (Å²) >= 11 is 0. The molecular formula is C12H23NO. The Morgan fingerprint density at radius 3 is 2.50 bits per heavy atom. The monoisotopic (exact) mass is 197 g/mol. The van der Waals surface area contributed by atoms with Gasteiger partial charge in [-0.25, -0.2) is 0 Å². The van der Waals surface area contributed by atoms with Crippen molar-refractivity contribution >= 4 is 5.78 Å². The van der Waals surface area contributed by atoms with Crippen LogP contribution in [0.15, 0.2) is 0 Å². The van der Waals surface area contributed by atoms with E-state index in [1.54, 1.807) is 0 Å². The molecule has 0 aromatic heterocycles. The van der Waals surface area contributed by atoms with Gasteiger partial charge in [-0.3, -0.25) is 9.69 Å². The molecule has 0 amide bonds.